The van der Waals surface area contributed by atoms with Gasteiger partial charge in [-0.05, 0) is 111 Å². The minimum atomic E-state index is -0.209. The van der Waals surface area contributed by atoms with E-state index in [1.165, 1.54) is 78.1 Å². The molecule has 32 heavy (non-hydrogen) atoms. The van der Waals surface area contributed by atoms with Crippen LogP contribution in [0.25, 0.3) is 0 Å². The van der Waals surface area contributed by atoms with Crippen LogP contribution in [0.2, 0.25) is 0 Å². The fourth-order valence-electron chi connectivity index (χ4n) is 9.30. The summed E-state index contributed by atoms with van der Waals surface area (Å²) in [6.45, 7) is 9.22. The maximum atomic E-state index is 11.6. The molecular formula is C28H46O4. The first-order valence-electron chi connectivity index (χ1n) is 13.5. The number of carbonyl (C=O) groups excluding carboxylic acids is 2. The molecule has 0 radical (unpaired) electrons. The highest BCUT2D eigenvalue weighted by molar-refractivity contribution is 5.66. The van der Waals surface area contributed by atoms with Crippen molar-refractivity contribution in [2.75, 3.05) is 13.2 Å². The van der Waals surface area contributed by atoms with E-state index < -0.39 is 0 Å². The van der Waals surface area contributed by atoms with E-state index >= 15 is 0 Å². The lowest BCUT2D eigenvalue weighted by Crippen LogP contribution is -2.53. The van der Waals surface area contributed by atoms with Crippen LogP contribution in [0.5, 0.6) is 0 Å². The molecule has 4 aliphatic rings. The standard InChI is InChI=1S/C28H46O4/c1-19(29)31-17-7-8-21(18-32-20(2)30)24-12-13-25-23-11-10-22-9-5-6-15-27(22,3)26(23)14-16-28(24,25)4/h21-26H,5-18H2,1-4H3/t21-,22?,23-,24+,25-,26-,27-,28+/m0/s1. The molecule has 4 saturated carbocycles. The minimum absolute atomic E-state index is 0.179. The normalized spacial score (nSPS) is 41.7. The second-order valence-corrected chi connectivity index (χ2v) is 12.2. The lowest BCUT2D eigenvalue weighted by Gasteiger charge is -2.61. The van der Waals surface area contributed by atoms with Gasteiger partial charge in [-0.15, -0.1) is 0 Å². The number of ether oxygens (including phenoxy) is 2. The molecule has 4 heteroatoms. The van der Waals surface area contributed by atoms with Crippen molar-refractivity contribution in [1.29, 1.82) is 0 Å². The van der Waals surface area contributed by atoms with Crippen LogP contribution in [-0.4, -0.2) is 25.2 Å². The van der Waals surface area contributed by atoms with Crippen molar-refractivity contribution in [3.63, 3.8) is 0 Å². The summed E-state index contributed by atoms with van der Waals surface area (Å²) in [7, 11) is 0. The summed E-state index contributed by atoms with van der Waals surface area (Å²) in [5.41, 5.74) is 0.951. The smallest absolute Gasteiger partial charge is 0.302 e. The summed E-state index contributed by atoms with van der Waals surface area (Å²) < 4.78 is 10.8. The van der Waals surface area contributed by atoms with Crippen molar-refractivity contribution in [2.45, 2.75) is 105 Å². The maximum Gasteiger partial charge on any atom is 0.302 e. The molecule has 1 unspecified atom stereocenters. The Hall–Kier alpha value is -1.06. The third-order valence-electron chi connectivity index (χ3n) is 10.8. The first kappa shape index (κ1) is 24.1. The van der Waals surface area contributed by atoms with Crippen molar-refractivity contribution < 1.29 is 19.1 Å². The lowest BCUT2D eigenvalue weighted by molar-refractivity contribution is -0.145. The zero-order valence-electron chi connectivity index (χ0n) is 21.0. The van der Waals surface area contributed by atoms with E-state index in [0.717, 1.165) is 36.5 Å². The fraction of sp³-hybridized carbons (Fsp3) is 0.929. The van der Waals surface area contributed by atoms with Gasteiger partial charge in [0.25, 0.3) is 0 Å². The van der Waals surface area contributed by atoms with Gasteiger partial charge in [0.05, 0.1) is 13.2 Å². The van der Waals surface area contributed by atoms with Crippen LogP contribution in [0.3, 0.4) is 0 Å². The monoisotopic (exact) mass is 446 g/mol. The average molecular weight is 447 g/mol. The van der Waals surface area contributed by atoms with Crippen LogP contribution in [0.4, 0.5) is 0 Å². The molecule has 0 amide bonds. The molecule has 4 fully saturated rings. The minimum Gasteiger partial charge on any atom is -0.466 e. The van der Waals surface area contributed by atoms with Crippen LogP contribution in [0.1, 0.15) is 105 Å². The van der Waals surface area contributed by atoms with E-state index in [-0.39, 0.29) is 11.9 Å². The van der Waals surface area contributed by atoms with Crippen molar-refractivity contribution >= 4 is 11.9 Å². The molecule has 0 aliphatic heterocycles. The molecule has 0 aromatic carbocycles. The van der Waals surface area contributed by atoms with Crippen LogP contribution in [-0.2, 0) is 19.1 Å². The van der Waals surface area contributed by atoms with E-state index in [9.17, 15) is 9.59 Å². The second-order valence-electron chi connectivity index (χ2n) is 12.2. The number of esters is 2. The topological polar surface area (TPSA) is 52.6 Å². The van der Waals surface area contributed by atoms with E-state index in [1.54, 1.807) is 0 Å². The third-order valence-corrected chi connectivity index (χ3v) is 10.8. The Balaban J connectivity index is 1.48. The summed E-state index contributed by atoms with van der Waals surface area (Å²) in [5.74, 6) is 4.23. The maximum absolute atomic E-state index is 11.6. The summed E-state index contributed by atoms with van der Waals surface area (Å²) >= 11 is 0. The molecule has 0 aromatic rings. The molecule has 4 rings (SSSR count). The van der Waals surface area contributed by atoms with Crippen LogP contribution >= 0.6 is 0 Å². The van der Waals surface area contributed by atoms with Gasteiger partial charge in [-0.25, -0.2) is 0 Å². The Labute approximate surface area is 195 Å². The first-order chi connectivity index (χ1) is 15.3. The molecule has 0 saturated heterocycles. The first-order valence-corrected chi connectivity index (χ1v) is 13.5. The molecule has 8 atom stereocenters. The van der Waals surface area contributed by atoms with Gasteiger partial charge < -0.3 is 9.47 Å². The van der Waals surface area contributed by atoms with Crippen LogP contribution < -0.4 is 0 Å². The van der Waals surface area contributed by atoms with Gasteiger partial charge in [0.15, 0.2) is 0 Å². The molecular weight excluding hydrogens is 400 g/mol. The van der Waals surface area contributed by atoms with Gasteiger partial charge in [0.1, 0.15) is 0 Å². The Kier molecular flexibility index (Phi) is 7.27. The quantitative estimate of drug-likeness (QED) is 0.328. The highest BCUT2D eigenvalue weighted by atomic mass is 16.5. The number of hydrogen-bond acceptors (Lipinski definition) is 4. The molecule has 0 heterocycles. The molecule has 4 nitrogen and oxygen atoms in total. The number of rotatable bonds is 7. The van der Waals surface area contributed by atoms with Gasteiger partial charge in [-0.2, -0.15) is 0 Å². The van der Waals surface area contributed by atoms with Crippen molar-refractivity contribution in [3.05, 3.63) is 0 Å². The van der Waals surface area contributed by atoms with Crippen LogP contribution in [0, 0.1) is 46.3 Å². The lowest BCUT2D eigenvalue weighted by atomic mass is 9.44. The Morgan fingerprint density at radius 2 is 1.59 bits per heavy atom. The predicted molar refractivity (Wildman–Crippen MR) is 126 cm³/mol. The largest absolute Gasteiger partial charge is 0.466 e. The molecule has 0 aromatic heterocycles. The number of fused-ring (bicyclic) bond motifs is 5. The van der Waals surface area contributed by atoms with Gasteiger partial charge in [0.2, 0.25) is 0 Å². The summed E-state index contributed by atoms with van der Waals surface area (Å²) in [6.07, 6.45) is 15.9. The highest BCUT2D eigenvalue weighted by Gasteiger charge is 2.60. The highest BCUT2D eigenvalue weighted by Crippen LogP contribution is 2.68. The summed E-state index contributed by atoms with van der Waals surface area (Å²) in [6, 6.07) is 0. The van der Waals surface area contributed by atoms with Crippen LogP contribution in [0.15, 0.2) is 0 Å². The Morgan fingerprint density at radius 1 is 0.844 bits per heavy atom. The Bertz CT molecular complexity index is 689. The van der Waals surface area contributed by atoms with E-state index in [1.807, 2.05) is 0 Å². The molecule has 4 aliphatic carbocycles. The molecule has 182 valence electrons. The zero-order valence-corrected chi connectivity index (χ0v) is 21.0. The third kappa shape index (κ3) is 4.49. The molecule has 0 spiro atoms. The predicted octanol–water partition coefficient (Wildman–Crippen LogP) is 6.56. The van der Waals surface area contributed by atoms with E-state index in [0.29, 0.717) is 35.9 Å². The van der Waals surface area contributed by atoms with Crippen molar-refractivity contribution in [1.82, 2.24) is 0 Å². The van der Waals surface area contributed by atoms with E-state index in [4.69, 9.17) is 9.47 Å². The second kappa shape index (κ2) is 9.66. The van der Waals surface area contributed by atoms with Gasteiger partial charge >= 0.3 is 11.9 Å². The molecule has 0 bridgehead atoms. The van der Waals surface area contributed by atoms with E-state index in [2.05, 4.69) is 13.8 Å². The molecule has 0 N–H and O–H groups in total. The summed E-state index contributed by atoms with van der Waals surface area (Å²) in [4.78, 5) is 22.8. The van der Waals surface area contributed by atoms with Crippen molar-refractivity contribution in [2.24, 2.45) is 46.3 Å². The fourth-order valence-corrected chi connectivity index (χ4v) is 9.30. The SMILES string of the molecule is CC(=O)OCCC[C@@H](COC(C)=O)[C@H]1CC[C@H]2[C@@H]3CCC4CCCC[C@]4(C)[C@H]3CC[C@]12C. The zero-order chi connectivity index (χ0) is 22.9. The number of carbonyl (C=O) groups is 2. The van der Waals surface area contributed by atoms with Gasteiger partial charge in [0, 0.05) is 13.8 Å². The number of hydrogen-bond donors (Lipinski definition) is 0. The Morgan fingerprint density at radius 3 is 2.34 bits per heavy atom. The van der Waals surface area contributed by atoms with Gasteiger partial charge in [-0.1, -0.05) is 26.7 Å². The average Bonchev–Trinajstić information content (AvgIpc) is 3.09. The van der Waals surface area contributed by atoms with Gasteiger partial charge in [-0.3, -0.25) is 9.59 Å². The summed E-state index contributed by atoms with van der Waals surface area (Å²) in [5, 5.41) is 0. The van der Waals surface area contributed by atoms with Crippen molar-refractivity contribution in [3.8, 4) is 0 Å².